The molecule has 28 heavy (non-hydrogen) atoms. The molecule has 1 aliphatic rings. The number of hydrogen-bond acceptors (Lipinski definition) is 8. The summed E-state index contributed by atoms with van der Waals surface area (Å²) >= 11 is 0. The molecule has 2 heterocycles. The number of hydrogen-bond donors (Lipinski definition) is 2. The Bertz CT molecular complexity index is 963. The largest absolute Gasteiger partial charge is 0.457 e. The van der Waals surface area contributed by atoms with Crippen LogP contribution < -0.4 is 10.2 Å². The molecule has 1 atom stereocenters. The molecule has 148 valence electrons. The minimum absolute atomic E-state index is 0.0166. The Morgan fingerprint density at radius 2 is 1.86 bits per heavy atom. The molecule has 1 aromatic heterocycles. The van der Waals surface area contributed by atoms with E-state index in [-0.39, 0.29) is 17.9 Å². The minimum atomic E-state index is -4.02. The van der Waals surface area contributed by atoms with Gasteiger partial charge in [0.2, 0.25) is 10.0 Å². The van der Waals surface area contributed by atoms with Crippen LogP contribution in [0.25, 0.3) is 0 Å². The number of carbonyl (C=O) groups excluding carboxylic acids is 1. The van der Waals surface area contributed by atoms with Gasteiger partial charge in [-0.1, -0.05) is 5.16 Å². The lowest BCUT2D eigenvalue weighted by molar-refractivity contribution is -0.132. The van der Waals surface area contributed by atoms with Gasteiger partial charge < -0.3 is 9.57 Å². The van der Waals surface area contributed by atoms with E-state index < -0.39 is 22.0 Å². The van der Waals surface area contributed by atoms with E-state index in [0.29, 0.717) is 17.2 Å². The van der Waals surface area contributed by atoms with Gasteiger partial charge in [0.15, 0.2) is 0 Å². The Kier molecular flexibility index (Phi) is 5.87. The molecule has 1 amide bonds. The van der Waals surface area contributed by atoms with Gasteiger partial charge in [0.25, 0.3) is 5.91 Å². The standard InChI is InChI=1S/C17H18N4O6S/c1-26-20-12-10-16(17(22)19-23)21(11-12)28(24,25)15-4-2-13(3-5-15)27-14-6-8-18-9-7-14/h2-9,16,23H,10-11H2,1H3,(H,19,22)/b20-12-/t16-/m1/s1. The Morgan fingerprint density at radius 1 is 1.21 bits per heavy atom. The number of nitrogens with one attached hydrogen (secondary N) is 1. The lowest BCUT2D eigenvalue weighted by Gasteiger charge is -2.21. The number of amides is 1. The highest BCUT2D eigenvalue weighted by Gasteiger charge is 2.42. The number of sulfonamides is 1. The predicted octanol–water partition coefficient (Wildman–Crippen LogP) is 1.14. The van der Waals surface area contributed by atoms with Crippen molar-refractivity contribution < 1.29 is 28.0 Å². The molecule has 0 aliphatic carbocycles. The van der Waals surface area contributed by atoms with Gasteiger partial charge in [-0.2, -0.15) is 4.31 Å². The first-order chi connectivity index (χ1) is 13.5. The molecule has 2 N–H and O–H groups in total. The molecule has 0 saturated carbocycles. The molecule has 10 nitrogen and oxygen atoms in total. The third-order valence-corrected chi connectivity index (χ3v) is 5.93. The zero-order valence-corrected chi connectivity index (χ0v) is 15.7. The lowest BCUT2D eigenvalue weighted by atomic mass is 10.2. The molecule has 3 rings (SSSR count). The second kappa shape index (κ2) is 8.33. The molecule has 1 saturated heterocycles. The number of ether oxygens (including phenoxy) is 1. The van der Waals surface area contributed by atoms with Crippen LogP contribution in [0.2, 0.25) is 0 Å². The van der Waals surface area contributed by atoms with Crippen LogP contribution in [0, 0.1) is 0 Å². The summed E-state index contributed by atoms with van der Waals surface area (Å²) in [6.45, 7) is -0.122. The van der Waals surface area contributed by atoms with Crippen molar-refractivity contribution in [2.24, 2.45) is 5.16 Å². The van der Waals surface area contributed by atoms with E-state index >= 15 is 0 Å². The van der Waals surface area contributed by atoms with Crippen molar-refractivity contribution in [2.75, 3.05) is 13.7 Å². The molecule has 0 spiro atoms. The zero-order valence-electron chi connectivity index (χ0n) is 14.8. The van der Waals surface area contributed by atoms with Gasteiger partial charge in [-0.05, 0) is 36.4 Å². The van der Waals surface area contributed by atoms with Crippen molar-refractivity contribution in [3.63, 3.8) is 0 Å². The first kappa shape index (κ1) is 19.7. The van der Waals surface area contributed by atoms with Crippen molar-refractivity contribution in [3.05, 3.63) is 48.8 Å². The third kappa shape index (κ3) is 4.11. The van der Waals surface area contributed by atoms with E-state index in [9.17, 15) is 13.2 Å². The topological polar surface area (TPSA) is 130 Å². The zero-order chi connectivity index (χ0) is 20.1. The van der Waals surface area contributed by atoms with Crippen LogP contribution in [-0.4, -0.2) is 54.2 Å². The summed E-state index contributed by atoms with van der Waals surface area (Å²) in [6, 6.07) is 7.99. The fraction of sp³-hybridized carbons (Fsp3) is 0.235. The van der Waals surface area contributed by atoms with Crippen LogP contribution in [0.4, 0.5) is 0 Å². The first-order valence-electron chi connectivity index (χ1n) is 8.18. The van der Waals surface area contributed by atoms with Crippen LogP contribution in [0.5, 0.6) is 11.5 Å². The number of rotatable bonds is 6. The molecular formula is C17H18N4O6S. The van der Waals surface area contributed by atoms with Gasteiger partial charge >= 0.3 is 0 Å². The third-order valence-electron chi connectivity index (χ3n) is 4.06. The van der Waals surface area contributed by atoms with Crippen molar-refractivity contribution in [2.45, 2.75) is 17.4 Å². The van der Waals surface area contributed by atoms with Gasteiger partial charge in [-0.3, -0.25) is 15.0 Å². The summed E-state index contributed by atoms with van der Waals surface area (Å²) < 4.78 is 32.6. The average Bonchev–Trinajstić information content (AvgIpc) is 3.14. The number of benzene rings is 1. The quantitative estimate of drug-likeness (QED) is 0.543. The molecule has 0 radical (unpaired) electrons. The maximum atomic E-state index is 13.0. The monoisotopic (exact) mass is 406 g/mol. The molecular weight excluding hydrogens is 388 g/mol. The molecule has 1 aliphatic heterocycles. The van der Waals surface area contributed by atoms with Crippen molar-refractivity contribution in [1.29, 1.82) is 0 Å². The summed E-state index contributed by atoms with van der Waals surface area (Å²) in [5, 5.41) is 12.7. The fourth-order valence-electron chi connectivity index (χ4n) is 2.78. The average molecular weight is 406 g/mol. The SMILES string of the molecule is CO/N=C1/C[C@H](C(=O)NO)N(S(=O)(=O)c2ccc(Oc3ccncc3)cc2)C1. The van der Waals surface area contributed by atoms with E-state index in [1.54, 1.807) is 24.5 Å². The lowest BCUT2D eigenvalue weighted by Crippen LogP contribution is -2.44. The minimum Gasteiger partial charge on any atom is -0.457 e. The van der Waals surface area contributed by atoms with E-state index in [2.05, 4.69) is 15.0 Å². The summed E-state index contributed by atoms with van der Waals surface area (Å²) in [7, 11) is -2.70. The number of nitrogens with zero attached hydrogens (tertiary/aromatic N) is 3. The Morgan fingerprint density at radius 3 is 2.46 bits per heavy atom. The Labute approximate surface area is 161 Å². The second-order valence-electron chi connectivity index (χ2n) is 5.84. The molecule has 11 heteroatoms. The maximum absolute atomic E-state index is 13.0. The highest BCUT2D eigenvalue weighted by molar-refractivity contribution is 7.89. The summed E-state index contributed by atoms with van der Waals surface area (Å²) in [5.74, 6) is 0.158. The number of aromatic nitrogens is 1. The van der Waals surface area contributed by atoms with Crippen LogP contribution in [0.3, 0.4) is 0 Å². The van der Waals surface area contributed by atoms with E-state index in [1.165, 1.54) is 36.9 Å². The molecule has 1 aromatic carbocycles. The van der Waals surface area contributed by atoms with Gasteiger partial charge in [-0.15, -0.1) is 0 Å². The summed E-state index contributed by atoms with van der Waals surface area (Å²) in [5.41, 5.74) is 1.87. The summed E-state index contributed by atoms with van der Waals surface area (Å²) in [6.07, 6.45) is 3.17. The number of oxime groups is 1. The van der Waals surface area contributed by atoms with Gasteiger partial charge in [-0.25, -0.2) is 13.9 Å². The highest BCUT2D eigenvalue weighted by atomic mass is 32.2. The molecule has 0 unspecified atom stereocenters. The highest BCUT2D eigenvalue weighted by Crippen LogP contribution is 2.28. The number of pyridine rings is 1. The van der Waals surface area contributed by atoms with Crippen molar-refractivity contribution in [3.8, 4) is 11.5 Å². The van der Waals surface area contributed by atoms with Crippen LogP contribution in [0.1, 0.15) is 6.42 Å². The van der Waals surface area contributed by atoms with Gasteiger partial charge in [0.1, 0.15) is 24.7 Å². The predicted molar refractivity (Wildman–Crippen MR) is 97.4 cm³/mol. The molecule has 2 aromatic rings. The number of carbonyl (C=O) groups is 1. The normalized spacial score (nSPS) is 18.8. The van der Waals surface area contributed by atoms with Gasteiger partial charge in [0, 0.05) is 18.8 Å². The molecule has 1 fully saturated rings. The maximum Gasteiger partial charge on any atom is 0.262 e. The van der Waals surface area contributed by atoms with E-state index in [4.69, 9.17) is 9.94 Å². The van der Waals surface area contributed by atoms with Crippen molar-refractivity contribution >= 4 is 21.6 Å². The van der Waals surface area contributed by atoms with Crippen molar-refractivity contribution in [1.82, 2.24) is 14.8 Å². The first-order valence-corrected chi connectivity index (χ1v) is 9.62. The van der Waals surface area contributed by atoms with Gasteiger partial charge in [0.05, 0.1) is 17.2 Å². The van der Waals surface area contributed by atoms with Crippen LogP contribution >= 0.6 is 0 Å². The summed E-state index contributed by atoms with van der Waals surface area (Å²) in [4.78, 5) is 20.5. The fourth-order valence-corrected chi connectivity index (χ4v) is 4.36. The second-order valence-corrected chi connectivity index (χ2v) is 7.73. The Hall–Kier alpha value is -3.02. The van der Waals surface area contributed by atoms with E-state index in [0.717, 1.165) is 4.31 Å². The van der Waals surface area contributed by atoms with Crippen LogP contribution in [-0.2, 0) is 19.7 Å². The number of hydroxylamine groups is 1. The smallest absolute Gasteiger partial charge is 0.262 e. The molecule has 0 bridgehead atoms. The van der Waals surface area contributed by atoms with Crippen LogP contribution in [0.15, 0.2) is 58.8 Å². The Balaban J connectivity index is 1.84. The van der Waals surface area contributed by atoms with E-state index in [1.807, 2.05) is 0 Å².